The van der Waals surface area contributed by atoms with Crippen LogP contribution in [0.3, 0.4) is 0 Å². The van der Waals surface area contributed by atoms with E-state index in [1.54, 1.807) is 18.5 Å². The predicted octanol–water partition coefficient (Wildman–Crippen LogP) is 1.93. The molecule has 1 unspecified atom stereocenters. The third-order valence-electron chi connectivity index (χ3n) is 4.75. The molecule has 0 radical (unpaired) electrons. The van der Waals surface area contributed by atoms with Crippen molar-refractivity contribution in [3.8, 4) is 0 Å². The lowest BCUT2D eigenvalue weighted by molar-refractivity contribution is 0.122. The molecule has 138 valence electrons. The molecule has 2 aliphatic rings. The first-order chi connectivity index (χ1) is 12.8. The summed E-state index contributed by atoms with van der Waals surface area (Å²) in [6.07, 6.45) is 5.41. The lowest BCUT2D eigenvalue weighted by Gasteiger charge is -2.34. The van der Waals surface area contributed by atoms with Gasteiger partial charge in [0.1, 0.15) is 5.82 Å². The molecule has 2 aromatic heterocycles. The second-order valence-corrected chi connectivity index (χ2v) is 6.58. The van der Waals surface area contributed by atoms with Gasteiger partial charge in [-0.25, -0.2) is 14.4 Å². The minimum absolute atomic E-state index is 0.192. The van der Waals surface area contributed by atoms with Gasteiger partial charge in [0.2, 0.25) is 5.95 Å². The van der Waals surface area contributed by atoms with Gasteiger partial charge in [-0.3, -0.25) is 0 Å². The normalized spacial score (nSPS) is 20.9. The molecule has 0 saturated carbocycles. The van der Waals surface area contributed by atoms with Crippen LogP contribution in [0.2, 0.25) is 0 Å². The van der Waals surface area contributed by atoms with E-state index in [4.69, 9.17) is 4.74 Å². The Morgan fingerprint density at radius 3 is 2.81 bits per heavy atom. The highest BCUT2D eigenvalue weighted by atomic mass is 19.1. The van der Waals surface area contributed by atoms with Gasteiger partial charge in [0, 0.05) is 44.6 Å². The molecule has 0 spiro atoms. The average molecular weight is 358 g/mol. The van der Waals surface area contributed by atoms with E-state index in [2.05, 4.69) is 25.2 Å². The summed E-state index contributed by atoms with van der Waals surface area (Å²) in [6, 6.07) is 5.15. The van der Waals surface area contributed by atoms with E-state index in [9.17, 15) is 4.39 Å². The van der Waals surface area contributed by atoms with Crippen molar-refractivity contribution in [3.05, 3.63) is 36.4 Å². The van der Waals surface area contributed by atoms with Crippen LogP contribution in [0.1, 0.15) is 12.8 Å². The van der Waals surface area contributed by atoms with Crippen molar-refractivity contribution in [2.45, 2.75) is 18.9 Å². The fourth-order valence-corrected chi connectivity index (χ4v) is 3.45. The maximum atomic E-state index is 14.0. The van der Waals surface area contributed by atoms with Gasteiger partial charge < -0.3 is 19.9 Å². The minimum atomic E-state index is -0.273. The highest BCUT2D eigenvalue weighted by Crippen LogP contribution is 2.22. The molecule has 4 heterocycles. The van der Waals surface area contributed by atoms with Crippen molar-refractivity contribution < 1.29 is 9.13 Å². The second kappa shape index (κ2) is 7.82. The predicted molar refractivity (Wildman–Crippen MR) is 98.1 cm³/mol. The summed E-state index contributed by atoms with van der Waals surface area (Å²) in [5, 5.41) is 3.48. The van der Waals surface area contributed by atoms with E-state index in [-0.39, 0.29) is 11.9 Å². The Labute approximate surface area is 152 Å². The topological polar surface area (TPSA) is 66.4 Å². The molecule has 2 saturated heterocycles. The van der Waals surface area contributed by atoms with Crippen LogP contribution in [0, 0.1) is 5.82 Å². The van der Waals surface area contributed by atoms with E-state index in [1.807, 2.05) is 11.0 Å². The number of hydrogen-bond acceptors (Lipinski definition) is 7. The number of rotatable bonds is 4. The number of anilines is 3. The summed E-state index contributed by atoms with van der Waals surface area (Å²) in [6.45, 7) is 4.53. The van der Waals surface area contributed by atoms with Crippen LogP contribution in [0.25, 0.3) is 0 Å². The highest BCUT2D eigenvalue weighted by Gasteiger charge is 2.23. The van der Waals surface area contributed by atoms with Crippen molar-refractivity contribution in [1.29, 1.82) is 0 Å². The third kappa shape index (κ3) is 3.85. The second-order valence-electron chi connectivity index (χ2n) is 6.58. The van der Waals surface area contributed by atoms with Crippen molar-refractivity contribution in [1.82, 2.24) is 15.0 Å². The molecule has 2 aromatic rings. The van der Waals surface area contributed by atoms with Gasteiger partial charge in [-0.05, 0) is 31.0 Å². The molecule has 1 atom stereocenters. The lowest BCUT2D eigenvalue weighted by Crippen LogP contribution is -2.43. The van der Waals surface area contributed by atoms with E-state index in [0.717, 1.165) is 44.2 Å². The maximum Gasteiger partial charge on any atom is 0.227 e. The van der Waals surface area contributed by atoms with Gasteiger partial charge in [0.15, 0.2) is 11.6 Å². The molecule has 8 heteroatoms. The summed E-state index contributed by atoms with van der Waals surface area (Å²) in [5.74, 6) is 1.68. The Balaban J connectivity index is 1.43. The number of halogens is 1. The van der Waals surface area contributed by atoms with Gasteiger partial charge in [-0.1, -0.05) is 0 Å². The molecule has 0 aromatic carbocycles. The maximum absolute atomic E-state index is 14.0. The molecule has 7 nitrogen and oxygen atoms in total. The fraction of sp³-hybridized carbons (Fsp3) is 0.500. The van der Waals surface area contributed by atoms with Gasteiger partial charge in [0.25, 0.3) is 0 Å². The van der Waals surface area contributed by atoms with Crippen LogP contribution < -0.4 is 15.1 Å². The van der Waals surface area contributed by atoms with E-state index in [0.29, 0.717) is 25.6 Å². The van der Waals surface area contributed by atoms with Crippen LogP contribution in [0.5, 0.6) is 0 Å². The number of ether oxygens (including phenoxy) is 1. The van der Waals surface area contributed by atoms with Crippen LogP contribution in [0.15, 0.2) is 30.6 Å². The standard InChI is InChI=1S/C18H23FN6O/c19-15-4-1-6-20-17(15)25-8-2-3-14(13-25)22-16-5-7-21-18(23-16)24-9-11-26-12-10-24/h1,4-7,14H,2-3,8-13H2,(H,21,22,23). The van der Waals surface area contributed by atoms with Crippen molar-refractivity contribution in [2.24, 2.45) is 0 Å². The molecule has 0 aliphatic carbocycles. The Morgan fingerprint density at radius 1 is 1.08 bits per heavy atom. The van der Waals surface area contributed by atoms with Crippen molar-refractivity contribution in [2.75, 3.05) is 54.5 Å². The Morgan fingerprint density at radius 2 is 1.96 bits per heavy atom. The number of aromatic nitrogens is 3. The molecular formula is C18H23FN6O. The SMILES string of the molecule is Fc1cccnc1N1CCCC(Nc2ccnc(N3CCOCC3)n2)C1. The van der Waals surface area contributed by atoms with Gasteiger partial charge in [0.05, 0.1) is 13.2 Å². The molecular weight excluding hydrogens is 335 g/mol. The summed E-state index contributed by atoms with van der Waals surface area (Å²) in [5.41, 5.74) is 0. The average Bonchev–Trinajstić information content (AvgIpc) is 2.69. The molecule has 4 rings (SSSR count). The van der Waals surface area contributed by atoms with Crippen LogP contribution in [-0.2, 0) is 4.74 Å². The minimum Gasteiger partial charge on any atom is -0.378 e. The quantitative estimate of drug-likeness (QED) is 0.896. The van der Waals surface area contributed by atoms with Crippen LogP contribution in [0.4, 0.5) is 22.0 Å². The smallest absolute Gasteiger partial charge is 0.227 e. The number of pyridine rings is 1. The monoisotopic (exact) mass is 358 g/mol. The molecule has 0 bridgehead atoms. The summed E-state index contributed by atoms with van der Waals surface area (Å²) in [4.78, 5) is 17.4. The first-order valence-corrected chi connectivity index (χ1v) is 9.07. The fourth-order valence-electron chi connectivity index (χ4n) is 3.45. The zero-order valence-electron chi connectivity index (χ0n) is 14.6. The van der Waals surface area contributed by atoms with Gasteiger partial charge >= 0.3 is 0 Å². The largest absolute Gasteiger partial charge is 0.378 e. The van der Waals surface area contributed by atoms with E-state index in [1.165, 1.54) is 6.07 Å². The van der Waals surface area contributed by atoms with Crippen molar-refractivity contribution in [3.63, 3.8) is 0 Å². The van der Waals surface area contributed by atoms with Crippen LogP contribution >= 0.6 is 0 Å². The van der Waals surface area contributed by atoms with Gasteiger partial charge in [-0.2, -0.15) is 4.98 Å². The number of morpholine rings is 1. The molecule has 26 heavy (non-hydrogen) atoms. The first-order valence-electron chi connectivity index (χ1n) is 9.07. The molecule has 2 aliphatic heterocycles. The van der Waals surface area contributed by atoms with Crippen molar-refractivity contribution >= 4 is 17.6 Å². The summed E-state index contributed by atoms with van der Waals surface area (Å²) >= 11 is 0. The Hall–Kier alpha value is -2.48. The highest BCUT2D eigenvalue weighted by molar-refractivity contribution is 5.45. The summed E-state index contributed by atoms with van der Waals surface area (Å²) < 4.78 is 19.4. The number of nitrogens with zero attached hydrogens (tertiary/aromatic N) is 5. The molecule has 1 N–H and O–H groups in total. The Bertz CT molecular complexity index is 739. The number of nitrogens with one attached hydrogen (secondary N) is 1. The Kier molecular flexibility index (Phi) is 5.10. The van der Waals surface area contributed by atoms with E-state index < -0.39 is 0 Å². The summed E-state index contributed by atoms with van der Waals surface area (Å²) in [7, 11) is 0. The van der Waals surface area contributed by atoms with Crippen LogP contribution in [-0.4, -0.2) is 60.4 Å². The van der Waals surface area contributed by atoms with E-state index >= 15 is 0 Å². The first kappa shape index (κ1) is 17.0. The zero-order valence-corrected chi connectivity index (χ0v) is 14.6. The molecule has 0 amide bonds. The lowest BCUT2D eigenvalue weighted by atomic mass is 10.1. The third-order valence-corrected chi connectivity index (χ3v) is 4.75. The van der Waals surface area contributed by atoms with Gasteiger partial charge in [-0.15, -0.1) is 0 Å². The zero-order chi connectivity index (χ0) is 17.8. The number of hydrogen-bond donors (Lipinski definition) is 1. The number of piperidine rings is 1. The molecule has 2 fully saturated rings.